The number of carbonyl (C=O) groups is 1. The molecule has 0 spiro atoms. The maximum atomic E-state index is 11.3. The Morgan fingerprint density at radius 1 is 1.62 bits per heavy atom. The van der Waals surface area contributed by atoms with Crippen LogP contribution in [0.15, 0.2) is 25.9 Å². The van der Waals surface area contributed by atoms with Crippen molar-refractivity contribution in [3.8, 4) is 11.5 Å². The van der Waals surface area contributed by atoms with E-state index in [1.54, 1.807) is 13.0 Å². The lowest BCUT2D eigenvalue weighted by Crippen LogP contribution is -2.06. The number of esters is 1. The Hall–Kier alpha value is -1.63. The fourth-order valence-electron chi connectivity index (χ4n) is 1.06. The van der Waals surface area contributed by atoms with Gasteiger partial charge in [-0.05, 0) is 34.1 Å². The molecular formula is C9H7BrN2O4. The molecule has 0 saturated heterocycles. The Kier molecular flexibility index (Phi) is 3.04. The van der Waals surface area contributed by atoms with Crippen LogP contribution in [-0.4, -0.2) is 22.7 Å². The van der Waals surface area contributed by atoms with Crippen molar-refractivity contribution in [1.29, 1.82) is 0 Å². The fraction of sp³-hybridized carbons (Fsp3) is 0.222. The molecule has 0 aliphatic carbocycles. The first kappa shape index (κ1) is 10.9. The number of hydrogen-bond acceptors (Lipinski definition) is 6. The van der Waals surface area contributed by atoms with E-state index in [9.17, 15) is 4.79 Å². The number of nitrogens with zero attached hydrogens (tertiary/aromatic N) is 2. The van der Waals surface area contributed by atoms with Crippen LogP contribution >= 0.6 is 15.9 Å². The van der Waals surface area contributed by atoms with Gasteiger partial charge in [-0.15, -0.1) is 0 Å². The van der Waals surface area contributed by atoms with E-state index in [1.165, 1.54) is 6.26 Å². The molecule has 0 unspecified atom stereocenters. The number of halogens is 1. The van der Waals surface area contributed by atoms with Crippen LogP contribution < -0.4 is 0 Å². The minimum atomic E-state index is -0.614. The maximum absolute atomic E-state index is 11.3. The van der Waals surface area contributed by atoms with Gasteiger partial charge in [0.2, 0.25) is 0 Å². The molecule has 0 aliphatic heterocycles. The fourth-order valence-corrected chi connectivity index (χ4v) is 1.47. The lowest BCUT2D eigenvalue weighted by molar-refractivity contribution is 0.0508. The molecule has 2 aromatic heterocycles. The number of furan rings is 1. The van der Waals surface area contributed by atoms with Gasteiger partial charge >= 0.3 is 5.97 Å². The highest BCUT2D eigenvalue weighted by molar-refractivity contribution is 9.10. The van der Waals surface area contributed by atoms with Gasteiger partial charge in [-0.3, -0.25) is 0 Å². The van der Waals surface area contributed by atoms with Crippen LogP contribution in [0.4, 0.5) is 0 Å². The molecule has 0 aromatic carbocycles. The predicted octanol–water partition coefficient (Wildman–Crippen LogP) is 2.27. The van der Waals surface area contributed by atoms with Crippen LogP contribution in [0.25, 0.3) is 11.5 Å². The molecule has 6 nitrogen and oxygen atoms in total. The Morgan fingerprint density at radius 2 is 2.44 bits per heavy atom. The summed E-state index contributed by atoms with van der Waals surface area (Å²) in [6.07, 6.45) is 1.47. The minimum Gasteiger partial charge on any atom is -0.460 e. The van der Waals surface area contributed by atoms with E-state index in [0.29, 0.717) is 10.2 Å². The summed E-state index contributed by atoms with van der Waals surface area (Å²) in [5.74, 6) is -0.522. The van der Waals surface area contributed by atoms with E-state index >= 15 is 0 Å². The van der Waals surface area contributed by atoms with Gasteiger partial charge in [0.1, 0.15) is 0 Å². The topological polar surface area (TPSA) is 78.4 Å². The van der Waals surface area contributed by atoms with Crippen LogP contribution in [0.2, 0.25) is 0 Å². The number of rotatable bonds is 3. The second-order valence-corrected chi connectivity index (χ2v) is 3.47. The van der Waals surface area contributed by atoms with Gasteiger partial charge < -0.3 is 13.7 Å². The lowest BCUT2D eigenvalue weighted by atomic mass is 10.3. The summed E-state index contributed by atoms with van der Waals surface area (Å²) in [5.41, 5.74) is 0.586. The van der Waals surface area contributed by atoms with Crippen molar-refractivity contribution in [1.82, 2.24) is 10.1 Å². The quantitative estimate of drug-likeness (QED) is 0.806. The molecule has 84 valence electrons. The second-order valence-electron chi connectivity index (χ2n) is 2.75. The molecular weight excluding hydrogens is 280 g/mol. The first-order valence-corrected chi connectivity index (χ1v) is 5.26. The Morgan fingerprint density at radius 3 is 3.06 bits per heavy atom. The first-order chi connectivity index (χ1) is 7.72. The number of hydrogen-bond donors (Lipinski definition) is 0. The lowest BCUT2D eigenvalue weighted by Gasteiger charge is -1.93. The number of ether oxygens (including phenoxy) is 1. The minimum absolute atomic E-state index is 0.107. The summed E-state index contributed by atoms with van der Waals surface area (Å²) in [4.78, 5) is 15.2. The molecule has 0 N–H and O–H groups in total. The van der Waals surface area contributed by atoms with Crippen LogP contribution in [0.3, 0.4) is 0 Å². The van der Waals surface area contributed by atoms with Crippen LogP contribution in [0, 0.1) is 0 Å². The predicted molar refractivity (Wildman–Crippen MR) is 55.7 cm³/mol. The van der Waals surface area contributed by atoms with Crippen molar-refractivity contribution in [2.75, 3.05) is 6.61 Å². The highest BCUT2D eigenvalue weighted by Gasteiger charge is 2.19. The summed E-state index contributed by atoms with van der Waals surface area (Å²) in [6.45, 7) is 1.96. The summed E-state index contributed by atoms with van der Waals surface area (Å²) in [7, 11) is 0. The molecule has 0 atom stereocenters. The molecule has 0 bridgehead atoms. The Bertz CT molecular complexity index is 505. The van der Waals surface area contributed by atoms with Crippen molar-refractivity contribution in [3.05, 3.63) is 22.8 Å². The van der Waals surface area contributed by atoms with E-state index in [-0.39, 0.29) is 18.3 Å². The Labute approximate surface area is 98.7 Å². The third-order valence-corrected chi connectivity index (χ3v) is 2.35. The third kappa shape index (κ3) is 1.99. The molecule has 2 heterocycles. The zero-order chi connectivity index (χ0) is 11.5. The van der Waals surface area contributed by atoms with E-state index < -0.39 is 5.97 Å². The summed E-state index contributed by atoms with van der Waals surface area (Å²) in [6, 6.07) is 1.65. The summed E-state index contributed by atoms with van der Waals surface area (Å²) < 4.78 is 15.1. The van der Waals surface area contributed by atoms with Crippen molar-refractivity contribution in [3.63, 3.8) is 0 Å². The first-order valence-electron chi connectivity index (χ1n) is 4.46. The van der Waals surface area contributed by atoms with Gasteiger partial charge in [0, 0.05) is 0 Å². The molecule has 2 aromatic rings. The smallest absolute Gasteiger partial charge is 0.379 e. The van der Waals surface area contributed by atoms with Gasteiger partial charge in [0.25, 0.3) is 11.7 Å². The SMILES string of the molecule is CCOC(=O)c1noc(-c2ccoc2Br)n1. The van der Waals surface area contributed by atoms with E-state index in [0.717, 1.165) is 0 Å². The average molecular weight is 287 g/mol. The molecule has 0 aliphatic rings. The summed E-state index contributed by atoms with van der Waals surface area (Å²) in [5, 5.41) is 3.51. The van der Waals surface area contributed by atoms with Gasteiger partial charge in [0.15, 0.2) is 4.67 Å². The van der Waals surface area contributed by atoms with Gasteiger partial charge in [-0.1, -0.05) is 0 Å². The molecule has 7 heteroatoms. The molecule has 0 radical (unpaired) electrons. The van der Waals surface area contributed by atoms with Crippen molar-refractivity contribution < 1.29 is 18.5 Å². The standard InChI is InChI=1S/C9H7BrN2O4/c1-2-14-9(13)7-11-8(16-12-7)5-3-4-15-6(5)10/h3-4H,2H2,1H3. The van der Waals surface area contributed by atoms with Crippen molar-refractivity contribution >= 4 is 21.9 Å². The van der Waals surface area contributed by atoms with Gasteiger partial charge in [-0.25, -0.2) is 4.79 Å². The number of aromatic nitrogens is 2. The van der Waals surface area contributed by atoms with Gasteiger partial charge in [0.05, 0.1) is 18.4 Å². The normalized spacial score (nSPS) is 10.4. The monoisotopic (exact) mass is 286 g/mol. The van der Waals surface area contributed by atoms with Crippen LogP contribution in [-0.2, 0) is 4.74 Å². The molecule has 0 amide bonds. The Balaban J connectivity index is 2.26. The van der Waals surface area contributed by atoms with E-state index in [1.807, 2.05) is 0 Å². The molecule has 16 heavy (non-hydrogen) atoms. The van der Waals surface area contributed by atoms with Crippen molar-refractivity contribution in [2.45, 2.75) is 6.92 Å². The van der Waals surface area contributed by atoms with Crippen molar-refractivity contribution in [2.24, 2.45) is 0 Å². The maximum Gasteiger partial charge on any atom is 0.379 e. The third-order valence-electron chi connectivity index (χ3n) is 1.73. The highest BCUT2D eigenvalue weighted by Crippen LogP contribution is 2.27. The molecule has 0 fully saturated rings. The zero-order valence-electron chi connectivity index (χ0n) is 8.27. The average Bonchev–Trinajstić information content (AvgIpc) is 2.86. The van der Waals surface area contributed by atoms with E-state index in [4.69, 9.17) is 13.7 Å². The van der Waals surface area contributed by atoms with Crippen LogP contribution in [0.5, 0.6) is 0 Å². The van der Waals surface area contributed by atoms with Gasteiger partial charge in [-0.2, -0.15) is 4.98 Å². The summed E-state index contributed by atoms with van der Waals surface area (Å²) >= 11 is 3.17. The zero-order valence-corrected chi connectivity index (χ0v) is 9.85. The molecule has 0 saturated carbocycles. The largest absolute Gasteiger partial charge is 0.460 e. The molecule has 2 rings (SSSR count). The second kappa shape index (κ2) is 4.48. The number of carbonyl (C=O) groups excluding carboxylic acids is 1. The van der Waals surface area contributed by atoms with E-state index in [2.05, 4.69) is 26.1 Å². The highest BCUT2D eigenvalue weighted by atomic mass is 79.9. The van der Waals surface area contributed by atoms with Crippen LogP contribution in [0.1, 0.15) is 17.5 Å².